The van der Waals surface area contributed by atoms with Gasteiger partial charge in [0.1, 0.15) is 46.5 Å². The maximum Gasteiger partial charge on any atom is 0.333 e. The van der Waals surface area contributed by atoms with Crippen molar-refractivity contribution >= 4 is 16.9 Å². The van der Waals surface area contributed by atoms with Crippen LogP contribution in [0.5, 0.6) is 11.5 Å². The summed E-state index contributed by atoms with van der Waals surface area (Å²) in [7, 11) is 0. The molecule has 10 nitrogen and oxygen atoms in total. The lowest BCUT2D eigenvalue weighted by Gasteiger charge is -2.43. The van der Waals surface area contributed by atoms with E-state index in [0.717, 1.165) is 11.6 Å². The summed E-state index contributed by atoms with van der Waals surface area (Å²) in [6, 6.07) is 1.14. The zero-order valence-electron chi connectivity index (χ0n) is 22.5. The Morgan fingerprint density at radius 3 is 2.74 bits per heavy atom. The zero-order valence-corrected chi connectivity index (χ0v) is 22.5. The number of rotatable bonds is 9. The maximum atomic E-state index is 13.0. The maximum absolute atomic E-state index is 13.0. The summed E-state index contributed by atoms with van der Waals surface area (Å²) in [5.74, 6) is -0.436. The van der Waals surface area contributed by atoms with E-state index in [1.807, 2.05) is 25.3 Å². The van der Waals surface area contributed by atoms with Gasteiger partial charge < -0.3 is 40.3 Å². The monoisotopic (exact) mass is 540 g/mol. The van der Waals surface area contributed by atoms with Gasteiger partial charge in [0.05, 0.1) is 6.17 Å². The van der Waals surface area contributed by atoms with Gasteiger partial charge >= 0.3 is 5.97 Å². The van der Waals surface area contributed by atoms with Gasteiger partial charge in [0.15, 0.2) is 5.43 Å². The fourth-order valence-corrected chi connectivity index (χ4v) is 4.90. The number of aromatic hydroxyl groups is 1. The molecule has 0 amide bonds. The average Bonchev–Trinajstić information content (AvgIpc) is 2.92. The largest absolute Gasteiger partial charge is 0.507 e. The molecule has 0 saturated carbocycles. The number of hydrogen-bond acceptors (Lipinski definition) is 10. The first-order valence-corrected chi connectivity index (χ1v) is 13.1. The van der Waals surface area contributed by atoms with E-state index in [0.29, 0.717) is 48.1 Å². The molecule has 2 aromatic rings. The normalized spacial score (nSPS) is 22.6. The Hall–Kier alpha value is -3.60. The van der Waals surface area contributed by atoms with Crippen LogP contribution in [0.4, 0.5) is 0 Å². The Balaban J connectivity index is 1.84. The molecule has 0 aliphatic carbocycles. The Bertz CT molecular complexity index is 1410. The highest BCUT2D eigenvalue weighted by molar-refractivity contribution is 5.91. The Morgan fingerprint density at radius 1 is 1.33 bits per heavy atom. The molecule has 39 heavy (non-hydrogen) atoms. The number of hydrogen-bond donors (Lipinski definition) is 5. The smallest absolute Gasteiger partial charge is 0.333 e. The molecule has 210 valence electrons. The first-order chi connectivity index (χ1) is 18.6. The minimum Gasteiger partial charge on any atom is -0.507 e. The Kier molecular flexibility index (Phi) is 8.48. The highest BCUT2D eigenvalue weighted by atomic mass is 16.6. The van der Waals surface area contributed by atoms with Crippen LogP contribution in [-0.2, 0) is 29.0 Å². The minimum absolute atomic E-state index is 0.0410. The number of ether oxygens (including phenoxy) is 2. The second kappa shape index (κ2) is 11.6. The molecular weight excluding hydrogens is 504 g/mol. The van der Waals surface area contributed by atoms with Crippen molar-refractivity contribution in [3.8, 4) is 11.5 Å². The van der Waals surface area contributed by atoms with Crippen molar-refractivity contribution in [2.45, 2.75) is 77.4 Å². The molecule has 6 N–H and O–H groups in total. The third-order valence-corrected chi connectivity index (χ3v) is 7.38. The lowest BCUT2D eigenvalue weighted by Crippen LogP contribution is -2.51. The molecule has 0 spiro atoms. The third-order valence-electron chi connectivity index (χ3n) is 7.38. The van der Waals surface area contributed by atoms with E-state index >= 15 is 0 Å². The predicted octanol–water partition coefficient (Wildman–Crippen LogP) is 2.60. The van der Waals surface area contributed by atoms with Gasteiger partial charge in [-0.15, -0.1) is 0 Å². The van der Waals surface area contributed by atoms with Gasteiger partial charge in [0, 0.05) is 42.0 Å². The van der Waals surface area contributed by atoms with Crippen LogP contribution < -0.4 is 21.2 Å². The highest BCUT2D eigenvalue weighted by Gasteiger charge is 2.46. The minimum atomic E-state index is -1.02. The van der Waals surface area contributed by atoms with E-state index in [1.165, 1.54) is 0 Å². The Morgan fingerprint density at radius 2 is 2.10 bits per heavy atom. The second-order valence-electron chi connectivity index (χ2n) is 10.2. The summed E-state index contributed by atoms with van der Waals surface area (Å²) in [5.41, 5.74) is 6.69. The van der Waals surface area contributed by atoms with E-state index in [-0.39, 0.29) is 41.7 Å². The number of allylic oxidation sites excluding steroid dienone is 3. The molecule has 3 atom stereocenters. The molecule has 0 radical (unpaired) electrons. The van der Waals surface area contributed by atoms with Crippen molar-refractivity contribution < 1.29 is 34.0 Å². The topological polar surface area (TPSA) is 164 Å². The number of nitrogens with one attached hydrogen (secondary N) is 1. The summed E-state index contributed by atoms with van der Waals surface area (Å²) in [5, 5.41) is 33.5. The van der Waals surface area contributed by atoms with Gasteiger partial charge in [-0.2, -0.15) is 0 Å². The molecule has 4 rings (SSSR count). The quantitative estimate of drug-likeness (QED) is 0.236. The fourth-order valence-electron chi connectivity index (χ4n) is 4.90. The molecule has 0 bridgehead atoms. The first-order valence-electron chi connectivity index (χ1n) is 13.1. The molecule has 0 fully saturated rings. The number of carbonyl (C=O) groups excluding carboxylic acids is 1. The number of carbonyl (C=O) groups is 1. The van der Waals surface area contributed by atoms with Gasteiger partial charge in [-0.05, 0) is 58.1 Å². The number of fused-ring (bicyclic) bond motifs is 2. The predicted molar refractivity (Wildman–Crippen MR) is 145 cm³/mol. The highest BCUT2D eigenvalue weighted by Crippen LogP contribution is 2.48. The van der Waals surface area contributed by atoms with Crippen LogP contribution in [0.3, 0.4) is 0 Å². The van der Waals surface area contributed by atoms with Crippen LogP contribution in [0, 0.1) is 0 Å². The van der Waals surface area contributed by atoms with Gasteiger partial charge in [-0.1, -0.05) is 12.2 Å². The standard InChI is InChI=1S/C29H36N2O8/c1-4-16(2)28(36)38-22-13-20-25(35)24-21(34)12-18(15-33)37-27(24)19(6-5-11-32)26(20)39-29(22,3)10-9-17-7-8-23(30)31-14-17/h4,7-8,12,14,22-23,31-33,35H,5-6,9-11,13,15,30H2,1-3H3/b16-4-/t22-,23?,29+/m1/s1. The Labute approximate surface area is 226 Å². The number of nitrogens with two attached hydrogens (primary N) is 1. The molecular formula is C29H36N2O8. The van der Waals surface area contributed by atoms with Crippen LogP contribution in [0.25, 0.3) is 11.0 Å². The molecule has 1 unspecified atom stereocenters. The van der Waals surface area contributed by atoms with Crippen LogP contribution in [0.2, 0.25) is 0 Å². The van der Waals surface area contributed by atoms with Crippen LogP contribution in [0.1, 0.15) is 56.9 Å². The molecule has 0 saturated heterocycles. The number of phenols is 1. The van der Waals surface area contributed by atoms with Crippen LogP contribution >= 0.6 is 0 Å². The SMILES string of the molecule is C/C=C(/C)C(=O)O[C@@H]1Cc2c(c(CCCO)c3oc(CO)cc(=O)c3c2O)O[C@@]1(C)CCC1=CNC(N)C=C1. The first kappa shape index (κ1) is 28.4. The lowest BCUT2D eigenvalue weighted by atomic mass is 9.82. The number of aliphatic hydroxyl groups excluding tert-OH is 2. The molecule has 2 aliphatic rings. The zero-order chi connectivity index (χ0) is 28.3. The summed E-state index contributed by atoms with van der Waals surface area (Å²) < 4.78 is 18.4. The number of aliphatic hydroxyl groups is 2. The molecule has 10 heteroatoms. The van der Waals surface area contributed by atoms with E-state index in [4.69, 9.17) is 19.6 Å². The number of dihydropyridines is 1. The molecule has 3 heterocycles. The van der Waals surface area contributed by atoms with E-state index in [9.17, 15) is 24.9 Å². The molecule has 1 aromatic heterocycles. The van der Waals surface area contributed by atoms with Gasteiger partial charge in [-0.3, -0.25) is 4.79 Å². The van der Waals surface area contributed by atoms with Crippen LogP contribution in [0.15, 0.2) is 50.9 Å². The lowest BCUT2D eigenvalue weighted by molar-refractivity contribution is -0.158. The number of phenolic OH excluding ortho intramolecular Hbond substituents is 1. The van der Waals surface area contributed by atoms with Crippen molar-refractivity contribution in [3.05, 3.63) is 68.8 Å². The fraction of sp³-hybridized carbons (Fsp3) is 0.448. The molecule has 1 aromatic carbocycles. The number of esters is 1. The number of benzene rings is 1. The summed E-state index contributed by atoms with van der Waals surface area (Å²) in [6.45, 7) is 4.64. The van der Waals surface area contributed by atoms with E-state index in [1.54, 1.807) is 19.9 Å². The summed E-state index contributed by atoms with van der Waals surface area (Å²) in [6.07, 6.45) is 8.00. The van der Waals surface area contributed by atoms with Crippen molar-refractivity contribution in [2.75, 3.05) is 6.61 Å². The average molecular weight is 541 g/mol. The van der Waals surface area contributed by atoms with E-state index < -0.39 is 29.7 Å². The third kappa shape index (κ3) is 5.73. The summed E-state index contributed by atoms with van der Waals surface area (Å²) >= 11 is 0. The molecule has 2 aliphatic heterocycles. The summed E-state index contributed by atoms with van der Waals surface area (Å²) in [4.78, 5) is 25.8. The second-order valence-corrected chi connectivity index (χ2v) is 10.2. The van der Waals surface area contributed by atoms with Crippen molar-refractivity contribution in [1.82, 2.24) is 5.32 Å². The van der Waals surface area contributed by atoms with Crippen molar-refractivity contribution in [3.63, 3.8) is 0 Å². The number of aryl methyl sites for hydroxylation is 1. The van der Waals surface area contributed by atoms with Gasteiger partial charge in [-0.25, -0.2) is 4.79 Å². The van der Waals surface area contributed by atoms with E-state index in [2.05, 4.69) is 5.32 Å². The van der Waals surface area contributed by atoms with Crippen molar-refractivity contribution in [1.29, 1.82) is 0 Å². The van der Waals surface area contributed by atoms with Crippen LogP contribution in [-0.4, -0.2) is 45.8 Å². The van der Waals surface area contributed by atoms with Gasteiger partial charge in [0.2, 0.25) is 0 Å². The van der Waals surface area contributed by atoms with Crippen molar-refractivity contribution in [2.24, 2.45) is 5.73 Å². The van der Waals surface area contributed by atoms with Gasteiger partial charge in [0.25, 0.3) is 0 Å².